The molecule has 0 aromatic heterocycles. The molecule has 3 N–H and O–H groups in total. The van der Waals surface area contributed by atoms with Gasteiger partial charge in [0.05, 0.1) is 13.0 Å². The van der Waals surface area contributed by atoms with Crippen molar-refractivity contribution in [2.75, 3.05) is 6.54 Å². The summed E-state index contributed by atoms with van der Waals surface area (Å²) in [7, 11) is 0. The van der Waals surface area contributed by atoms with Gasteiger partial charge in [0.25, 0.3) is 0 Å². The number of halogens is 1. The smallest absolute Gasteiger partial charge is 0.168 e. The number of Topliss-reactive ketones (excluding diaryl/α,β-unsaturated/α-hetero) is 1. The van der Waals surface area contributed by atoms with E-state index in [-0.39, 0.29) is 24.2 Å². The number of benzene rings is 4. The molecule has 2 atom stereocenters. The summed E-state index contributed by atoms with van der Waals surface area (Å²) in [4.78, 5) is 12.8. The quantitative estimate of drug-likeness (QED) is 0.350. The molecule has 4 rings (SSSR count). The summed E-state index contributed by atoms with van der Waals surface area (Å²) in [6, 6.07) is 28.1. The molecule has 0 saturated heterocycles. The molecule has 3 nitrogen and oxygen atoms in total. The lowest BCUT2D eigenvalue weighted by Gasteiger charge is -2.17. The summed E-state index contributed by atoms with van der Waals surface area (Å²) in [5.74, 6) is 0.137. The van der Waals surface area contributed by atoms with Crippen molar-refractivity contribution in [1.29, 1.82) is 0 Å². The molecule has 0 spiro atoms. The van der Waals surface area contributed by atoms with Crippen molar-refractivity contribution in [2.24, 2.45) is 0 Å². The van der Waals surface area contributed by atoms with Crippen molar-refractivity contribution in [1.82, 2.24) is 0 Å². The highest BCUT2D eigenvalue weighted by atomic mass is 35.5. The van der Waals surface area contributed by atoms with E-state index in [9.17, 15) is 9.90 Å². The Morgan fingerprint density at radius 2 is 1.50 bits per heavy atom. The highest BCUT2D eigenvalue weighted by molar-refractivity contribution is 6.10. The number of fused-ring (bicyclic) bond motifs is 3. The fraction of sp³-hybridized carbons (Fsp3) is 0.192. The van der Waals surface area contributed by atoms with Crippen LogP contribution in [0.3, 0.4) is 0 Å². The number of aliphatic hydroxyl groups is 1. The molecular weight excluding hydrogens is 394 g/mol. The first kappa shape index (κ1) is 22.0. The van der Waals surface area contributed by atoms with Crippen LogP contribution >= 0.6 is 0 Å². The van der Waals surface area contributed by atoms with E-state index in [0.29, 0.717) is 13.0 Å². The topological polar surface area (TPSA) is 53.9 Å². The lowest BCUT2D eigenvalue weighted by molar-refractivity contribution is -0.693. The van der Waals surface area contributed by atoms with Crippen molar-refractivity contribution in [3.8, 4) is 0 Å². The molecule has 154 valence electrons. The Balaban J connectivity index is 0.00000256. The maximum absolute atomic E-state index is 12.8. The molecule has 0 aliphatic rings. The molecular formula is C26H26ClNO2. The van der Waals surface area contributed by atoms with Gasteiger partial charge < -0.3 is 22.8 Å². The fourth-order valence-corrected chi connectivity index (χ4v) is 3.88. The third kappa shape index (κ3) is 4.71. The molecule has 0 aliphatic heterocycles. The number of rotatable bonds is 7. The maximum Gasteiger partial charge on any atom is 0.168 e. The number of ketones is 1. The number of carbonyl (C=O) groups is 1. The Labute approximate surface area is 183 Å². The van der Waals surface area contributed by atoms with E-state index >= 15 is 0 Å². The predicted molar refractivity (Wildman–Crippen MR) is 118 cm³/mol. The van der Waals surface area contributed by atoms with Gasteiger partial charge in [-0.05, 0) is 40.1 Å². The van der Waals surface area contributed by atoms with E-state index < -0.39 is 6.10 Å². The van der Waals surface area contributed by atoms with Gasteiger partial charge in [-0.1, -0.05) is 78.9 Å². The zero-order chi connectivity index (χ0) is 20.2. The van der Waals surface area contributed by atoms with Crippen LogP contribution in [0.25, 0.3) is 21.5 Å². The molecule has 0 fully saturated rings. The second-order valence-electron chi connectivity index (χ2n) is 7.63. The number of hydrogen-bond donors (Lipinski definition) is 2. The summed E-state index contributed by atoms with van der Waals surface area (Å²) in [5, 5.41) is 17.1. The molecule has 30 heavy (non-hydrogen) atoms. The third-order valence-corrected chi connectivity index (χ3v) is 5.62. The minimum Gasteiger partial charge on any atom is -1.00 e. The van der Waals surface area contributed by atoms with Crippen molar-refractivity contribution < 1.29 is 27.6 Å². The number of aliphatic hydroxyl groups excluding tert-OH is 1. The molecule has 2 unspecified atom stereocenters. The van der Waals surface area contributed by atoms with Gasteiger partial charge in [0.15, 0.2) is 5.78 Å². The summed E-state index contributed by atoms with van der Waals surface area (Å²) in [6.45, 7) is 2.64. The molecule has 0 aliphatic carbocycles. The zero-order valence-corrected chi connectivity index (χ0v) is 17.7. The van der Waals surface area contributed by atoms with Crippen molar-refractivity contribution in [3.05, 3.63) is 96.1 Å². The number of carbonyl (C=O) groups excluding carboxylic acids is 1. The van der Waals surface area contributed by atoms with E-state index in [2.05, 4.69) is 24.3 Å². The van der Waals surface area contributed by atoms with Gasteiger partial charge in [-0.25, -0.2) is 0 Å². The van der Waals surface area contributed by atoms with E-state index in [4.69, 9.17) is 0 Å². The number of hydrogen-bond acceptors (Lipinski definition) is 2. The molecule has 0 radical (unpaired) electrons. The monoisotopic (exact) mass is 419 g/mol. The van der Waals surface area contributed by atoms with E-state index in [1.165, 1.54) is 10.8 Å². The minimum atomic E-state index is -0.543. The standard InChI is InChI=1S/C26H25NO2.ClH/c1-18(26(29)21-8-3-2-4-9-21)27-16-15-25(28)22-14-13-20-12-11-19-7-5-6-10-23(19)24(20)17-22;/h2-14,17-18,26-27,29H,15-16H2,1H3;1H. The summed E-state index contributed by atoms with van der Waals surface area (Å²) < 4.78 is 0. The molecule has 4 aromatic rings. The van der Waals surface area contributed by atoms with Gasteiger partial charge in [0.1, 0.15) is 12.1 Å². The highest BCUT2D eigenvalue weighted by Crippen LogP contribution is 2.26. The second kappa shape index (κ2) is 9.86. The fourth-order valence-electron chi connectivity index (χ4n) is 3.88. The zero-order valence-electron chi connectivity index (χ0n) is 17.0. The van der Waals surface area contributed by atoms with Gasteiger partial charge in [-0.3, -0.25) is 4.79 Å². The first-order valence-electron chi connectivity index (χ1n) is 10.1. The van der Waals surface area contributed by atoms with Crippen LogP contribution in [-0.2, 0) is 0 Å². The largest absolute Gasteiger partial charge is 1.00 e. The minimum absolute atomic E-state index is 0. The highest BCUT2D eigenvalue weighted by Gasteiger charge is 2.19. The second-order valence-corrected chi connectivity index (χ2v) is 7.63. The maximum atomic E-state index is 12.8. The van der Waals surface area contributed by atoms with Gasteiger partial charge in [-0.15, -0.1) is 0 Å². The first-order valence-corrected chi connectivity index (χ1v) is 10.1. The van der Waals surface area contributed by atoms with Crippen LogP contribution in [-0.4, -0.2) is 23.5 Å². The summed E-state index contributed by atoms with van der Waals surface area (Å²) in [5.41, 5.74) is 1.66. The van der Waals surface area contributed by atoms with Gasteiger partial charge in [-0.2, -0.15) is 0 Å². The Kier molecular flexibility index (Phi) is 7.22. The van der Waals surface area contributed by atoms with Crippen molar-refractivity contribution in [2.45, 2.75) is 25.5 Å². The summed E-state index contributed by atoms with van der Waals surface area (Å²) >= 11 is 0. The van der Waals surface area contributed by atoms with Crippen LogP contribution in [0.2, 0.25) is 0 Å². The van der Waals surface area contributed by atoms with Crippen molar-refractivity contribution in [3.63, 3.8) is 0 Å². The molecule has 4 aromatic carbocycles. The normalized spacial score (nSPS) is 13.0. The molecule has 0 saturated carbocycles. The lowest BCUT2D eigenvalue weighted by Crippen LogP contribution is -3.00. The van der Waals surface area contributed by atoms with Gasteiger partial charge in [0.2, 0.25) is 0 Å². The molecule has 4 heteroatoms. The Morgan fingerprint density at radius 1 is 0.867 bits per heavy atom. The van der Waals surface area contributed by atoms with E-state index in [1.54, 1.807) is 0 Å². The van der Waals surface area contributed by atoms with Gasteiger partial charge >= 0.3 is 0 Å². The van der Waals surface area contributed by atoms with E-state index in [0.717, 1.165) is 21.9 Å². The van der Waals surface area contributed by atoms with E-state index in [1.807, 2.05) is 72.9 Å². The lowest BCUT2D eigenvalue weighted by atomic mass is 9.98. The predicted octanol–water partition coefficient (Wildman–Crippen LogP) is 1.26. The molecule has 0 heterocycles. The average molecular weight is 420 g/mol. The SMILES string of the molecule is CC([NH2+]CCC(=O)c1ccc2ccc3ccccc3c2c1)C(O)c1ccccc1.[Cl-]. The first-order chi connectivity index (χ1) is 14.1. The van der Waals surface area contributed by atoms with Crippen LogP contribution in [0, 0.1) is 0 Å². The van der Waals surface area contributed by atoms with Crippen LogP contribution < -0.4 is 17.7 Å². The third-order valence-electron chi connectivity index (χ3n) is 5.62. The Hall–Kier alpha value is -2.72. The van der Waals surface area contributed by atoms with Crippen LogP contribution in [0.5, 0.6) is 0 Å². The Bertz CT molecular complexity index is 1140. The van der Waals surface area contributed by atoms with Crippen LogP contribution in [0.4, 0.5) is 0 Å². The van der Waals surface area contributed by atoms with Crippen LogP contribution in [0.1, 0.15) is 35.4 Å². The van der Waals surface area contributed by atoms with Gasteiger partial charge in [0, 0.05) is 5.56 Å². The summed E-state index contributed by atoms with van der Waals surface area (Å²) in [6.07, 6.45) is -0.0967. The Morgan fingerprint density at radius 3 is 2.27 bits per heavy atom. The van der Waals surface area contributed by atoms with Crippen molar-refractivity contribution >= 4 is 27.3 Å². The van der Waals surface area contributed by atoms with Crippen LogP contribution in [0.15, 0.2) is 84.9 Å². The number of nitrogens with two attached hydrogens (primary N) is 1. The average Bonchev–Trinajstić information content (AvgIpc) is 2.78. The number of quaternary nitrogens is 1. The molecule has 0 amide bonds. The molecule has 0 bridgehead atoms.